The van der Waals surface area contributed by atoms with Crippen LogP contribution in [0.3, 0.4) is 0 Å². The second kappa shape index (κ2) is 11.0. The number of nitrogens with zero attached hydrogens (tertiary/aromatic N) is 3. The van der Waals surface area contributed by atoms with Crippen LogP contribution in [-0.2, 0) is 13.1 Å². The Morgan fingerprint density at radius 1 is 0.576 bits per heavy atom. The first-order valence-corrected chi connectivity index (χ1v) is 12.7. The highest BCUT2D eigenvalue weighted by Gasteiger charge is 2.30. The Labute approximate surface area is 199 Å². The maximum Gasteiger partial charge on any atom is 0.0367 e. The summed E-state index contributed by atoms with van der Waals surface area (Å²) in [6, 6.07) is 34.3. The Kier molecular flexibility index (Phi) is 7.40. The van der Waals surface area contributed by atoms with E-state index in [9.17, 15) is 0 Å². The standard InChI is InChI=1S/C30H37N3/c1-4-10-26(11-5-1)24-33(25-27-12-6-2-7-13-27)30-18-16-29(17-19-30)32-22-20-31(21-23-32)28-14-8-3-9-15-28/h1-15,29-30H,16-25H2/t29-,30-. The van der Waals surface area contributed by atoms with E-state index in [0.717, 1.165) is 32.2 Å². The molecule has 0 amide bonds. The van der Waals surface area contributed by atoms with Gasteiger partial charge in [-0.05, 0) is 48.9 Å². The smallest absolute Gasteiger partial charge is 0.0367 e. The summed E-state index contributed by atoms with van der Waals surface area (Å²) in [6.45, 7) is 6.78. The van der Waals surface area contributed by atoms with Gasteiger partial charge in [0.25, 0.3) is 0 Å². The molecule has 5 rings (SSSR count). The van der Waals surface area contributed by atoms with Gasteiger partial charge in [-0.1, -0.05) is 78.9 Å². The van der Waals surface area contributed by atoms with Crippen molar-refractivity contribution in [3.63, 3.8) is 0 Å². The number of hydrogen-bond acceptors (Lipinski definition) is 3. The molecule has 1 aliphatic carbocycles. The van der Waals surface area contributed by atoms with Crippen molar-refractivity contribution in [1.82, 2.24) is 9.80 Å². The molecule has 172 valence electrons. The number of piperazine rings is 1. The van der Waals surface area contributed by atoms with Gasteiger partial charge < -0.3 is 4.90 Å². The van der Waals surface area contributed by atoms with Crippen LogP contribution < -0.4 is 4.90 Å². The molecule has 0 radical (unpaired) electrons. The topological polar surface area (TPSA) is 9.72 Å². The van der Waals surface area contributed by atoms with E-state index < -0.39 is 0 Å². The molecule has 2 fully saturated rings. The summed E-state index contributed by atoms with van der Waals surface area (Å²) in [5.74, 6) is 0. The van der Waals surface area contributed by atoms with E-state index in [-0.39, 0.29) is 0 Å². The third-order valence-electron chi connectivity index (χ3n) is 7.59. The molecule has 1 aliphatic heterocycles. The summed E-state index contributed by atoms with van der Waals surface area (Å²) in [5, 5.41) is 0. The molecule has 1 heterocycles. The SMILES string of the molecule is c1ccc(CN(Cc2ccccc2)[C@H]2CC[C@H](N3CCN(c4ccccc4)CC3)CC2)cc1. The fourth-order valence-corrected chi connectivity index (χ4v) is 5.72. The molecule has 1 saturated carbocycles. The van der Waals surface area contributed by atoms with Crippen molar-refractivity contribution >= 4 is 5.69 Å². The Balaban J connectivity index is 1.17. The second-order valence-electron chi connectivity index (χ2n) is 9.70. The summed E-state index contributed by atoms with van der Waals surface area (Å²) < 4.78 is 0. The van der Waals surface area contributed by atoms with Crippen LogP contribution in [0.15, 0.2) is 91.0 Å². The van der Waals surface area contributed by atoms with E-state index >= 15 is 0 Å². The van der Waals surface area contributed by atoms with Gasteiger partial charge in [-0.15, -0.1) is 0 Å². The highest BCUT2D eigenvalue weighted by molar-refractivity contribution is 5.46. The van der Waals surface area contributed by atoms with Gasteiger partial charge in [0.2, 0.25) is 0 Å². The van der Waals surface area contributed by atoms with Gasteiger partial charge in [-0.3, -0.25) is 9.80 Å². The average Bonchev–Trinajstić information content (AvgIpc) is 2.90. The zero-order valence-corrected chi connectivity index (χ0v) is 19.7. The molecule has 0 unspecified atom stereocenters. The highest BCUT2D eigenvalue weighted by Crippen LogP contribution is 2.30. The van der Waals surface area contributed by atoms with Gasteiger partial charge >= 0.3 is 0 Å². The maximum atomic E-state index is 2.77. The molecule has 1 saturated heterocycles. The minimum absolute atomic E-state index is 0.673. The second-order valence-corrected chi connectivity index (χ2v) is 9.70. The number of hydrogen-bond donors (Lipinski definition) is 0. The third-order valence-corrected chi connectivity index (χ3v) is 7.59. The lowest BCUT2D eigenvalue weighted by Crippen LogP contribution is -2.52. The van der Waals surface area contributed by atoms with Crippen molar-refractivity contribution in [2.45, 2.75) is 50.9 Å². The minimum Gasteiger partial charge on any atom is -0.369 e. The van der Waals surface area contributed by atoms with E-state index in [0.29, 0.717) is 6.04 Å². The molecular weight excluding hydrogens is 402 g/mol. The first kappa shape index (κ1) is 22.2. The molecule has 0 N–H and O–H groups in total. The summed E-state index contributed by atoms with van der Waals surface area (Å²) >= 11 is 0. The normalized spacial score (nSPS) is 21.9. The highest BCUT2D eigenvalue weighted by atomic mass is 15.3. The van der Waals surface area contributed by atoms with E-state index in [2.05, 4.69) is 106 Å². The van der Waals surface area contributed by atoms with Crippen molar-refractivity contribution in [1.29, 1.82) is 0 Å². The zero-order chi connectivity index (χ0) is 22.3. The molecular formula is C30H37N3. The Hall–Kier alpha value is -2.62. The van der Waals surface area contributed by atoms with Crippen LogP contribution >= 0.6 is 0 Å². The van der Waals surface area contributed by atoms with Gasteiger partial charge in [0.1, 0.15) is 0 Å². The van der Waals surface area contributed by atoms with Crippen LogP contribution in [0.4, 0.5) is 5.69 Å². The maximum absolute atomic E-state index is 2.77. The minimum atomic E-state index is 0.673. The largest absolute Gasteiger partial charge is 0.369 e. The molecule has 0 aromatic heterocycles. The van der Waals surface area contributed by atoms with Crippen LogP contribution in [0.5, 0.6) is 0 Å². The lowest BCUT2D eigenvalue weighted by Gasteiger charge is -2.44. The number of para-hydroxylation sites is 1. The third kappa shape index (κ3) is 5.85. The quantitative estimate of drug-likeness (QED) is 0.459. The number of benzene rings is 3. The summed E-state index contributed by atoms with van der Waals surface area (Å²) in [5.41, 5.74) is 4.22. The molecule has 3 heteroatoms. The Morgan fingerprint density at radius 3 is 1.58 bits per heavy atom. The Morgan fingerprint density at radius 2 is 1.06 bits per heavy atom. The zero-order valence-electron chi connectivity index (χ0n) is 19.7. The summed E-state index contributed by atoms with van der Waals surface area (Å²) in [4.78, 5) is 8.05. The van der Waals surface area contributed by atoms with Gasteiger partial charge in [0.05, 0.1) is 0 Å². The van der Waals surface area contributed by atoms with Crippen LogP contribution in [0.2, 0.25) is 0 Å². The molecule has 0 bridgehead atoms. The molecule has 3 aromatic carbocycles. The molecule has 0 atom stereocenters. The van der Waals surface area contributed by atoms with Crippen molar-refractivity contribution in [2.24, 2.45) is 0 Å². The summed E-state index contributed by atoms with van der Waals surface area (Å²) in [6.07, 6.45) is 5.28. The van der Waals surface area contributed by atoms with E-state index in [4.69, 9.17) is 0 Å². The fraction of sp³-hybridized carbons (Fsp3) is 0.400. The molecule has 2 aliphatic rings. The van der Waals surface area contributed by atoms with E-state index in [1.165, 1.54) is 55.6 Å². The van der Waals surface area contributed by atoms with E-state index in [1.54, 1.807) is 0 Å². The van der Waals surface area contributed by atoms with Crippen LogP contribution in [0.1, 0.15) is 36.8 Å². The van der Waals surface area contributed by atoms with Crippen molar-refractivity contribution < 1.29 is 0 Å². The average molecular weight is 440 g/mol. The van der Waals surface area contributed by atoms with Crippen LogP contribution in [0.25, 0.3) is 0 Å². The number of anilines is 1. The van der Waals surface area contributed by atoms with E-state index in [1.807, 2.05) is 0 Å². The fourth-order valence-electron chi connectivity index (χ4n) is 5.72. The molecule has 33 heavy (non-hydrogen) atoms. The van der Waals surface area contributed by atoms with Gasteiger partial charge in [0, 0.05) is 57.0 Å². The van der Waals surface area contributed by atoms with Gasteiger partial charge in [-0.2, -0.15) is 0 Å². The van der Waals surface area contributed by atoms with Crippen LogP contribution in [0, 0.1) is 0 Å². The monoisotopic (exact) mass is 439 g/mol. The lowest BCUT2D eigenvalue weighted by atomic mass is 9.88. The molecule has 3 nitrogen and oxygen atoms in total. The van der Waals surface area contributed by atoms with Crippen LogP contribution in [-0.4, -0.2) is 48.1 Å². The summed E-state index contributed by atoms with van der Waals surface area (Å²) in [7, 11) is 0. The molecule has 3 aromatic rings. The Bertz CT molecular complexity index is 902. The number of rotatable bonds is 7. The van der Waals surface area contributed by atoms with Crippen molar-refractivity contribution in [2.75, 3.05) is 31.1 Å². The first-order valence-electron chi connectivity index (χ1n) is 12.7. The van der Waals surface area contributed by atoms with Crippen molar-refractivity contribution in [3.05, 3.63) is 102 Å². The predicted octanol–water partition coefficient (Wildman–Crippen LogP) is 5.82. The van der Waals surface area contributed by atoms with Crippen molar-refractivity contribution in [3.8, 4) is 0 Å². The first-order chi connectivity index (χ1) is 16.3. The van der Waals surface area contributed by atoms with Gasteiger partial charge in [0.15, 0.2) is 0 Å². The van der Waals surface area contributed by atoms with Gasteiger partial charge in [-0.25, -0.2) is 0 Å². The predicted molar refractivity (Wildman–Crippen MR) is 138 cm³/mol. The lowest BCUT2D eigenvalue weighted by molar-refractivity contribution is 0.0830. The molecule has 0 spiro atoms.